The van der Waals surface area contributed by atoms with Gasteiger partial charge in [-0.3, -0.25) is 4.79 Å². The first-order valence-electron chi connectivity index (χ1n) is 5.91. The van der Waals surface area contributed by atoms with E-state index in [-0.39, 0.29) is 30.2 Å². The van der Waals surface area contributed by atoms with Crippen molar-refractivity contribution in [3.05, 3.63) is 29.8 Å². The molecule has 0 spiro atoms. The van der Waals surface area contributed by atoms with E-state index in [1.54, 1.807) is 19.1 Å². The number of carbonyl (C=O) groups is 1. The highest BCUT2D eigenvalue weighted by molar-refractivity contribution is 7.89. The fourth-order valence-corrected chi connectivity index (χ4v) is 3.14. The third-order valence-electron chi connectivity index (χ3n) is 2.70. The highest BCUT2D eigenvalue weighted by Gasteiger charge is 2.23. The number of hydrogen-bond acceptors (Lipinski definition) is 4. The molecule has 1 aromatic rings. The van der Waals surface area contributed by atoms with Crippen molar-refractivity contribution >= 4 is 15.8 Å². The van der Waals surface area contributed by atoms with Crippen LogP contribution in [0.3, 0.4) is 0 Å². The van der Waals surface area contributed by atoms with Crippen molar-refractivity contribution in [1.29, 1.82) is 5.26 Å². The zero-order chi connectivity index (χ0) is 14.5. The van der Waals surface area contributed by atoms with Crippen LogP contribution in [0.5, 0.6) is 0 Å². The molecule has 0 heterocycles. The van der Waals surface area contributed by atoms with E-state index in [0.29, 0.717) is 5.56 Å². The smallest absolute Gasteiger partial charge is 0.243 e. The summed E-state index contributed by atoms with van der Waals surface area (Å²) in [6, 6.07) is 7.87. The van der Waals surface area contributed by atoms with Crippen LogP contribution in [0.1, 0.15) is 30.6 Å². The Morgan fingerprint density at radius 3 is 2.63 bits per heavy atom. The van der Waals surface area contributed by atoms with Crippen molar-refractivity contribution in [3.63, 3.8) is 0 Å². The summed E-state index contributed by atoms with van der Waals surface area (Å²) in [5, 5.41) is 8.55. The Kier molecular flexibility index (Phi) is 5.21. The molecule has 0 aliphatic heterocycles. The molecule has 102 valence electrons. The number of nitrogens with zero attached hydrogens (tertiary/aromatic N) is 2. The first kappa shape index (κ1) is 15.3. The maximum Gasteiger partial charge on any atom is 0.243 e. The summed E-state index contributed by atoms with van der Waals surface area (Å²) >= 11 is 0. The number of benzene rings is 1. The van der Waals surface area contributed by atoms with E-state index in [1.807, 2.05) is 6.07 Å². The van der Waals surface area contributed by atoms with Crippen LogP contribution in [0.2, 0.25) is 0 Å². The maximum atomic E-state index is 12.3. The van der Waals surface area contributed by atoms with Crippen molar-refractivity contribution in [2.45, 2.75) is 25.2 Å². The van der Waals surface area contributed by atoms with Crippen LogP contribution in [0.25, 0.3) is 0 Å². The van der Waals surface area contributed by atoms with Gasteiger partial charge in [0.2, 0.25) is 10.0 Å². The molecule has 0 unspecified atom stereocenters. The minimum absolute atomic E-state index is 0.0833. The molecule has 0 saturated heterocycles. The average Bonchev–Trinajstić information content (AvgIpc) is 2.39. The Labute approximate surface area is 113 Å². The molecule has 1 aromatic carbocycles. The number of ketones is 1. The normalized spacial score (nSPS) is 11.3. The molecule has 0 aliphatic rings. The van der Waals surface area contributed by atoms with E-state index in [9.17, 15) is 13.2 Å². The minimum Gasteiger partial charge on any atom is -0.295 e. The molecule has 0 fully saturated rings. The van der Waals surface area contributed by atoms with Crippen molar-refractivity contribution in [3.8, 4) is 6.07 Å². The van der Waals surface area contributed by atoms with Gasteiger partial charge in [-0.05, 0) is 19.1 Å². The van der Waals surface area contributed by atoms with Gasteiger partial charge >= 0.3 is 0 Å². The van der Waals surface area contributed by atoms with Gasteiger partial charge in [-0.15, -0.1) is 0 Å². The summed E-state index contributed by atoms with van der Waals surface area (Å²) in [6.45, 7) is 3.54. The lowest BCUT2D eigenvalue weighted by Crippen LogP contribution is -2.31. The molecule has 6 heteroatoms. The van der Waals surface area contributed by atoms with Crippen LogP contribution in [0, 0.1) is 11.3 Å². The van der Waals surface area contributed by atoms with Crippen molar-refractivity contribution in [1.82, 2.24) is 4.31 Å². The van der Waals surface area contributed by atoms with Crippen LogP contribution in [0.15, 0.2) is 29.2 Å². The number of Topliss-reactive ketones (excluding diaryl/α,β-unsaturated/α-hetero) is 1. The third-order valence-corrected chi connectivity index (χ3v) is 4.67. The summed E-state index contributed by atoms with van der Waals surface area (Å²) in [5.74, 6) is -0.183. The lowest BCUT2D eigenvalue weighted by atomic mass is 10.2. The molecule has 0 N–H and O–H groups in total. The number of carbonyl (C=O) groups excluding carboxylic acids is 1. The average molecular weight is 280 g/mol. The number of nitriles is 1. The molecule has 19 heavy (non-hydrogen) atoms. The minimum atomic E-state index is -3.65. The van der Waals surface area contributed by atoms with Crippen LogP contribution in [-0.2, 0) is 10.0 Å². The van der Waals surface area contributed by atoms with Gasteiger partial charge < -0.3 is 0 Å². The van der Waals surface area contributed by atoms with Gasteiger partial charge in [0.25, 0.3) is 0 Å². The zero-order valence-corrected chi connectivity index (χ0v) is 11.8. The molecule has 5 nitrogen and oxygen atoms in total. The Hall–Kier alpha value is -1.71. The quantitative estimate of drug-likeness (QED) is 0.744. The fraction of sp³-hybridized carbons (Fsp3) is 0.385. The van der Waals surface area contributed by atoms with E-state index < -0.39 is 10.0 Å². The van der Waals surface area contributed by atoms with Gasteiger partial charge in [-0.2, -0.15) is 9.57 Å². The van der Waals surface area contributed by atoms with Crippen molar-refractivity contribution in [2.24, 2.45) is 0 Å². The number of sulfonamides is 1. The highest BCUT2D eigenvalue weighted by Crippen LogP contribution is 2.17. The number of rotatable bonds is 6. The first-order valence-corrected chi connectivity index (χ1v) is 7.35. The van der Waals surface area contributed by atoms with Crippen molar-refractivity contribution in [2.75, 3.05) is 13.1 Å². The van der Waals surface area contributed by atoms with Gasteiger partial charge in [0.05, 0.1) is 11.0 Å². The Bertz CT molecular complexity index is 603. The standard InChI is InChI=1S/C13H16N2O3S/c1-3-15(9-5-8-14)19(17,18)13-7-4-6-12(10-13)11(2)16/h4,6-7,10H,3,5,9H2,1-2H3. The zero-order valence-electron chi connectivity index (χ0n) is 11.0. The van der Waals surface area contributed by atoms with E-state index in [2.05, 4.69) is 0 Å². The molecular formula is C13H16N2O3S. The number of hydrogen-bond donors (Lipinski definition) is 0. The van der Waals surface area contributed by atoms with E-state index in [4.69, 9.17) is 5.26 Å². The highest BCUT2D eigenvalue weighted by atomic mass is 32.2. The predicted molar refractivity (Wildman–Crippen MR) is 71.1 cm³/mol. The summed E-state index contributed by atoms with van der Waals surface area (Å²) < 4.78 is 25.9. The molecule has 0 aliphatic carbocycles. The van der Waals surface area contributed by atoms with Gasteiger partial charge in [-0.25, -0.2) is 8.42 Å². The molecule has 0 amide bonds. The Morgan fingerprint density at radius 1 is 1.42 bits per heavy atom. The summed E-state index contributed by atoms with van der Waals surface area (Å²) in [5.41, 5.74) is 0.359. The van der Waals surface area contributed by atoms with Gasteiger partial charge in [0, 0.05) is 25.1 Å². The van der Waals surface area contributed by atoms with E-state index >= 15 is 0 Å². The SMILES string of the molecule is CCN(CCC#N)S(=O)(=O)c1cccc(C(C)=O)c1. The van der Waals surface area contributed by atoms with E-state index in [0.717, 1.165) is 0 Å². The summed E-state index contributed by atoms with van der Waals surface area (Å²) in [6.07, 6.45) is 0.138. The van der Waals surface area contributed by atoms with Crippen molar-refractivity contribution < 1.29 is 13.2 Å². The molecule has 0 bridgehead atoms. The molecular weight excluding hydrogens is 264 g/mol. The topological polar surface area (TPSA) is 78.2 Å². The lowest BCUT2D eigenvalue weighted by Gasteiger charge is -2.19. The fourth-order valence-electron chi connectivity index (χ4n) is 1.65. The largest absolute Gasteiger partial charge is 0.295 e. The van der Waals surface area contributed by atoms with Crippen LogP contribution < -0.4 is 0 Å². The predicted octanol–water partition coefficient (Wildman–Crippen LogP) is 1.81. The van der Waals surface area contributed by atoms with Gasteiger partial charge in [0.1, 0.15) is 0 Å². The first-order chi connectivity index (χ1) is 8.93. The molecule has 0 saturated carbocycles. The second-order valence-electron chi connectivity index (χ2n) is 3.99. The van der Waals surface area contributed by atoms with Crippen LogP contribution in [-0.4, -0.2) is 31.6 Å². The lowest BCUT2D eigenvalue weighted by molar-refractivity contribution is 0.101. The third kappa shape index (κ3) is 3.63. The molecule has 0 atom stereocenters. The second kappa shape index (κ2) is 6.45. The maximum absolute atomic E-state index is 12.3. The van der Waals surface area contributed by atoms with Gasteiger partial charge in [-0.1, -0.05) is 19.1 Å². The van der Waals surface area contributed by atoms with Gasteiger partial charge in [0.15, 0.2) is 5.78 Å². The van der Waals surface area contributed by atoms with Crippen LogP contribution >= 0.6 is 0 Å². The Balaban J connectivity index is 3.15. The Morgan fingerprint density at radius 2 is 2.11 bits per heavy atom. The molecule has 0 radical (unpaired) electrons. The summed E-state index contributed by atoms with van der Waals surface area (Å²) in [7, 11) is -3.65. The second-order valence-corrected chi connectivity index (χ2v) is 5.93. The molecule has 1 rings (SSSR count). The molecule has 0 aromatic heterocycles. The monoisotopic (exact) mass is 280 g/mol. The summed E-state index contributed by atoms with van der Waals surface area (Å²) in [4.78, 5) is 11.4. The van der Waals surface area contributed by atoms with Crippen LogP contribution in [0.4, 0.5) is 0 Å². The van der Waals surface area contributed by atoms with E-state index in [1.165, 1.54) is 23.4 Å².